The van der Waals surface area contributed by atoms with E-state index >= 15 is 0 Å². The van der Waals surface area contributed by atoms with E-state index in [1.165, 1.54) is 0 Å². The molecule has 0 unspecified atom stereocenters. The van der Waals surface area contributed by atoms with Crippen LogP contribution in [0.2, 0.25) is 5.02 Å². The van der Waals surface area contributed by atoms with Gasteiger partial charge in [-0.15, -0.1) is 11.8 Å². The number of benzene rings is 2. The number of anilines is 2. The Balaban J connectivity index is 1.59. The lowest BCUT2D eigenvalue weighted by molar-refractivity contribution is -0.121. The number of nitrogens with one attached hydrogen (secondary N) is 1. The molecule has 2 aromatic rings. The van der Waals surface area contributed by atoms with Crippen LogP contribution in [0.15, 0.2) is 53.0 Å². The molecule has 3 rings (SSSR count). The smallest absolute Gasteiger partial charge is 0.247 e. The van der Waals surface area contributed by atoms with Crippen molar-refractivity contribution in [2.75, 3.05) is 16.0 Å². The van der Waals surface area contributed by atoms with Crippen LogP contribution < -0.4 is 10.2 Å². The summed E-state index contributed by atoms with van der Waals surface area (Å²) in [5.41, 5.74) is 1.13. The summed E-state index contributed by atoms with van der Waals surface area (Å²) in [5, 5.41) is 2.64. The molecule has 3 amide bonds. The van der Waals surface area contributed by atoms with E-state index in [0.29, 0.717) is 16.4 Å². The van der Waals surface area contributed by atoms with Gasteiger partial charge in [0.25, 0.3) is 0 Å². The van der Waals surface area contributed by atoms with Crippen LogP contribution in [0.25, 0.3) is 0 Å². The minimum absolute atomic E-state index is 0.0710. The maximum Gasteiger partial charge on any atom is 0.247 e. The highest BCUT2D eigenvalue weighted by molar-refractivity contribution is 9.10. The van der Waals surface area contributed by atoms with Gasteiger partial charge in [-0.05, 0) is 42.5 Å². The number of hydrogen-bond acceptors (Lipinski definition) is 4. The number of nitrogens with zero attached hydrogens (tertiary/aromatic N) is 1. The van der Waals surface area contributed by atoms with Gasteiger partial charge in [-0.3, -0.25) is 14.4 Å². The van der Waals surface area contributed by atoms with Crippen molar-refractivity contribution in [2.24, 2.45) is 0 Å². The third-order valence-electron chi connectivity index (χ3n) is 3.72. The molecule has 0 saturated carbocycles. The average Bonchev–Trinajstić information content (AvgIpc) is 2.89. The fourth-order valence-electron chi connectivity index (χ4n) is 2.53. The standard InChI is InChI=1S/C18H14BrClN2O3S/c19-11-4-6-13(7-5-11)21-16(23)10-26-15-9-17(24)22(18(15)25)14-3-1-2-12(20)8-14/h1-8,15H,9-10H2,(H,21,23)/t15-/m0/s1. The summed E-state index contributed by atoms with van der Waals surface area (Å²) in [6, 6.07) is 13.8. The second kappa shape index (κ2) is 8.24. The first-order chi connectivity index (χ1) is 12.4. The number of amides is 3. The van der Waals surface area contributed by atoms with Gasteiger partial charge < -0.3 is 5.32 Å². The molecule has 1 fully saturated rings. The van der Waals surface area contributed by atoms with Crippen molar-refractivity contribution < 1.29 is 14.4 Å². The average molecular weight is 454 g/mol. The first kappa shape index (κ1) is 18.9. The van der Waals surface area contributed by atoms with Crippen molar-refractivity contribution in [2.45, 2.75) is 11.7 Å². The summed E-state index contributed by atoms with van der Waals surface area (Å²) < 4.78 is 0.918. The molecular formula is C18H14BrClN2O3S. The van der Waals surface area contributed by atoms with Crippen LogP contribution in [0.4, 0.5) is 11.4 Å². The minimum atomic E-state index is -0.572. The molecule has 5 nitrogen and oxygen atoms in total. The Morgan fingerprint density at radius 1 is 1.23 bits per heavy atom. The fraction of sp³-hybridized carbons (Fsp3) is 0.167. The molecule has 1 atom stereocenters. The molecule has 1 heterocycles. The Bertz CT molecular complexity index is 860. The van der Waals surface area contributed by atoms with Crippen LogP contribution in [0, 0.1) is 0 Å². The molecule has 1 saturated heterocycles. The zero-order valence-electron chi connectivity index (χ0n) is 13.4. The Morgan fingerprint density at radius 2 is 1.96 bits per heavy atom. The van der Waals surface area contributed by atoms with Crippen LogP contribution in [0.3, 0.4) is 0 Å². The van der Waals surface area contributed by atoms with E-state index in [0.717, 1.165) is 21.1 Å². The number of thioether (sulfide) groups is 1. The largest absolute Gasteiger partial charge is 0.325 e. The van der Waals surface area contributed by atoms with Crippen LogP contribution in [-0.2, 0) is 14.4 Å². The van der Waals surface area contributed by atoms with E-state index in [9.17, 15) is 14.4 Å². The number of carbonyl (C=O) groups excluding carboxylic acids is 3. The number of rotatable bonds is 5. The molecule has 2 aromatic carbocycles. The van der Waals surface area contributed by atoms with Crippen LogP contribution in [-0.4, -0.2) is 28.7 Å². The summed E-state index contributed by atoms with van der Waals surface area (Å²) in [4.78, 5) is 38.0. The highest BCUT2D eigenvalue weighted by Gasteiger charge is 2.40. The summed E-state index contributed by atoms with van der Waals surface area (Å²) in [6.45, 7) is 0. The third-order valence-corrected chi connectivity index (χ3v) is 5.68. The van der Waals surface area contributed by atoms with Crippen LogP contribution >= 0.6 is 39.3 Å². The van der Waals surface area contributed by atoms with E-state index in [4.69, 9.17) is 11.6 Å². The fourth-order valence-corrected chi connectivity index (χ4v) is 3.91. The lowest BCUT2D eigenvalue weighted by Gasteiger charge is -2.15. The minimum Gasteiger partial charge on any atom is -0.325 e. The zero-order valence-corrected chi connectivity index (χ0v) is 16.6. The summed E-state index contributed by atoms with van der Waals surface area (Å²) in [7, 11) is 0. The van der Waals surface area contributed by atoms with Crippen LogP contribution in [0.1, 0.15) is 6.42 Å². The van der Waals surface area contributed by atoms with Crippen molar-refractivity contribution in [1.29, 1.82) is 0 Å². The molecule has 1 aliphatic rings. The Kier molecular flexibility index (Phi) is 6.01. The Labute approximate surface area is 168 Å². The molecule has 0 radical (unpaired) electrons. The topological polar surface area (TPSA) is 66.5 Å². The molecule has 134 valence electrons. The normalized spacial score (nSPS) is 16.8. The maximum atomic E-state index is 12.5. The molecule has 1 aliphatic heterocycles. The van der Waals surface area contributed by atoms with Crippen molar-refractivity contribution in [3.05, 3.63) is 58.0 Å². The van der Waals surface area contributed by atoms with E-state index in [1.807, 2.05) is 12.1 Å². The first-order valence-corrected chi connectivity index (χ1v) is 9.95. The quantitative estimate of drug-likeness (QED) is 0.692. The Morgan fingerprint density at radius 3 is 2.65 bits per heavy atom. The first-order valence-electron chi connectivity index (χ1n) is 7.73. The molecule has 0 bridgehead atoms. The van der Waals surface area contributed by atoms with E-state index in [-0.39, 0.29) is 29.9 Å². The molecule has 0 aliphatic carbocycles. The van der Waals surface area contributed by atoms with Crippen molar-refractivity contribution in [1.82, 2.24) is 0 Å². The predicted molar refractivity (Wildman–Crippen MR) is 108 cm³/mol. The van der Waals surface area contributed by atoms with Crippen molar-refractivity contribution in [3.8, 4) is 0 Å². The number of hydrogen-bond donors (Lipinski definition) is 1. The highest BCUT2D eigenvalue weighted by Crippen LogP contribution is 2.30. The summed E-state index contributed by atoms with van der Waals surface area (Å²) in [6.07, 6.45) is 0.0710. The van der Waals surface area contributed by atoms with Gasteiger partial charge in [0.15, 0.2) is 0 Å². The molecular weight excluding hydrogens is 440 g/mol. The summed E-state index contributed by atoms with van der Waals surface area (Å²) >= 11 is 10.4. The van der Waals surface area contributed by atoms with E-state index < -0.39 is 5.25 Å². The van der Waals surface area contributed by atoms with Gasteiger partial charge >= 0.3 is 0 Å². The zero-order chi connectivity index (χ0) is 18.7. The number of halogens is 2. The Hall–Kier alpha value is -1.83. The van der Waals surface area contributed by atoms with Gasteiger partial charge in [-0.2, -0.15) is 0 Å². The number of carbonyl (C=O) groups is 3. The van der Waals surface area contributed by atoms with Crippen molar-refractivity contribution >= 4 is 68.4 Å². The summed E-state index contributed by atoms with van der Waals surface area (Å²) in [5.74, 6) is -0.746. The number of imide groups is 1. The lowest BCUT2D eigenvalue weighted by atomic mass is 10.3. The van der Waals surface area contributed by atoms with Gasteiger partial charge in [-0.1, -0.05) is 33.6 Å². The second-order valence-electron chi connectivity index (χ2n) is 5.61. The predicted octanol–water partition coefficient (Wildman–Crippen LogP) is 4.11. The van der Waals surface area contributed by atoms with Gasteiger partial charge in [0.05, 0.1) is 16.7 Å². The molecule has 26 heavy (non-hydrogen) atoms. The molecule has 0 spiro atoms. The van der Waals surface area contributed by atoms with Crippen LogP contribution in [0.5, 0.6) is 0 Å². The van der Waals surface area contributed by atoms with Gasteiger partial charge in [0.1, 0.15) is 0 Å². The van der Waals surface area contributed by atoms with Gasteiger partial charge in [0, 0.05) is 21.6 Å². The maximum absolute atomic E-state index is 12.5. The molecule has 1 N–H and O–H groups in total. The van der Waals surface area contributed by atoms with E-state index in [2.05, 4.69) is 21.2 Å². The lowest BCUT2D eigenvalue weighted by Crippen LogP contribution is -2.31. The SMILES string of the molecule is O=C(CS[C@H]1CC(=O)N(c2cccc(Cl)c2)C1=O)Nc1ccc(Br)cc1. The molecule has 0 aromatic heterocycles. The highest BCUT2D eigenvalue weighted by atomic mass is 79.9. The van der Waals surface area contributed by atoms with E-state index in [1.54, 1.807) is 36.4 Å². The third kappa shape index (κ3) is 4.47. The monoisotopic (exact) mass is 452 g/mol. The van der Waals surface area contributed by atoms with Gasteiger partial charge in [-0.25, -0.2) is 4.90 Å². The van der Waals surface area contributed by atoms with Crippen molar-refractivity contribution in [3.63, 3.8) is 0 Å². The second-order valence-corrected chi connectivity index (χ2v) is 8.15. The molecule has 8 heteroatoms. The van der Waals surface area contributed by atoms with Gasteiger partial charge in [0.2, 0.25) is 17.7 Å².